The van der Waals surface area contributed by atoms with Crippen molar-refractivity contribution in [2.75, 3.05) is 10.0 Å². The van der Waals surface area contributed by atoms with E-state index in [1.807, 2.05) is 24.4 Å². The van der Waals surface area contributed by atoms with Crippen LogP contribution in [-0.2, 0) is 24.5 Å². The predicted octanol–water partition coefficient (Wildman–Crippen LogP) is 4.83. The van der Waals surface area contributed by atoms with Crippen LogP contribution in [0.25, 0.3) is 0 Å². The minimum Gasteiger partial charge on any atom is -0.337 e. The second-order valence-electron chi connectivity index (χ2n) is 7.54. The minimum atomic E-state index is -1.32. The summed E-state index contributed by atoms with van der Waals surface area (Å²) in [5.41, 5.74) is 2.01. The average Bonchev–Trinajstić information content (AvgIpc) is 3.35. The van der Waals surface area contributed by atoms with Crippen molar-refractivity contribution < 1.29 is 8.60 Å². The molecule has 5 nitrogen and oxygen atoms in total. The molecule has 0 amide bonds. The topological polar surface area (TPSA) is 63.1 Å². The Balaban J connectivity index is 1.62. The molecule has 3 unspecified atom stereocenters. The maximum atomic E-state index is 14.5. The van der Waals surface area contributed by atoms with E-state index in [0.29, 0.717) is 23.0 Å². The molecule has 3 aromatic rings. The summed E-state index contributed by atoms with van der Waals surface area (Å²) < 4.78 is 32.0. The van der Waals surface area contributed by atoms with Crippen LogP contribution in [0.3, 0.4) is 0 Å². The minimum absolute atomic E-state index is 0.0228. The highest BCUT2D eigenvalue weighted by Gasteiger charge is 2.44. The molecule has 0 spiro atoms. The van der Waals surface area contributed by atoms with Gasteiger partial charge in [0.2, 0.25) is 0 Å². The van der Waals surface area contributed by atoms with Crippen molar-refractivity contribution in [1.29, 1.82) is 0 Å². The van der Waals surface area contributed by atoms with Gasteiger partial charge in [-0.2, -0.15) is 0 Å². The molecule has 1 aromatic carbocycles. The lowest BCUT2D eigenvalue weighted by molar-refractivity contribution is 0.629. The molecular weight excluding hydrogens is 421 g/mol. The number of thiophene rings is 1. The number of aryl methyl sites for hydroxylation is 2. The van der Waals surface area contributed by atoms with Crippen molar-refractivity contribution in [3.63, 3.8) is 0 Å². The number of nitrogens with zero attached hydrogens (tertiary/aromatic N) is 1. The first kappa shape index (κ1) is 20.8. The highest BCUT2D eigenvalue weighted by atomic mass is 32.2. The molecule has 2 heterocycles. The normalized spacial score (nSPS) is 18.8. The molecule has 2 aromatic heterocycles. The van der Waals surface area contributed by atoms with Gasteiger partial charge >= 0.3 is 0 Å². The molecule has 30 heavy (non-hydrogen) atoms. The average molecular weight is 446 g/mol. The van der Waals surface area contributed by atoms with Crippen molar-refractivity contribution in [2.24, 2.45) is 7.05 Å². The van der Waals surface area contributed by atoms with Crippen LogP contribution in [-0.4, -0.2) is 14.0 Å². The van der Waals surface area contributed by atoms with Crippen molar-refractivity contribution in [1.82, 2.24) is 4.57 Å². The Kier molecular flexibility index (Phi) is 5.79. The lowest BCUT2D eigenvalue weighted by Crippen LogP contribution is -2.24. The zero-order chi connectivity index (χ0) is 21.4. The first-order valence-corrected chi connectivity index (χ1v) is 11.9. The smallest absolute Gasteiger partial charge is 0.254 e. The van der Waals surface area contributed by atoms with Crippen LogP contribution in [0.5, 0.6) is 0 Å². The summed E-state index contributed by atoms with van der Waals surface area (Å²) >= 11 is 1.68. The number of nitrogens with one attached hydrogen (secondary N) is 2. The molecule has 1 saturated carbocycles. The van der Waals surface area contributed by atoms with Crippen LogP contribution < -0.4 is 15.6 Å². The summed E-state index contributed by atoms with van der Waals surface area (Å²) in [7, 11) is 0.300. The fraction of sp³-hybridized carbons (Fsp3) is 0.318. The third kappa shape index (κ3) is 4.06. The predicted molar refractivity (Wildman–Crippen MR) is 123 cm³/mol. The second-order valence-corrected chi connectivity index (χ2v) is 9.93. The Morgan fingerprint density at radius 3 is 2.73 bits per heavy atom. The van der Waals surface area contributed by atoms with E-state index in [-0.39, 0.29) is 16.5 Å². The van der Waals surface area contributed by atoms with Gasteiger partial charge in [-0.25, -0.2) is 8.60 Å². The third-order valence-electron chi connectivity index (χ3n) is 5.41. The summed E-state index contributed by atoms with van der Waals surface area (Å²) in [5.74, 6) is 0.284. The summed E-state index contributed by atoms with van der Waals surface area (Å²) in [6.45, 7) is 3.67. The Morgan fingerprint density at radius 1 is 1.27 bits per heavy atom. The van der Waals surface area contributed by atoms with E-state index in [1.54, 1.807) is 37.4 Å². The van der Waals surface area contributed by atoms with Gasteiger partial charge in [-0.15, -0.1) is 11.3 Å². The van der Waals surface area contributed by atoms with Crippen LogP contribution in [0.1, 0.15) is 35.3 Å². The largest absolute Gasteiger partial charge is 0.337 e. The Hall–Kier alpha value is -2.45. The molecule has 0 bridgehead atoms. The quantitative estimate of drug-likeness (QED) is 0.547. The van der Waals surface area contributed by atoms with E-state index < -0.39 is 16.8 Å². The molecule has 8 heteroatoms. The van der Waals surface area contributed by atoms with Crippen LogP contribution >= 0.6 is 11.3 Å². The summed E-state index contributed by atoms with van der Waals surface area (Å²) in [6.07, 6.45) is 1.60. The fourth-order valence-electron chi connectivity index (χ4n) is 3.52. The van der Waals surface area contributed by atoms with E-state index in [2.05, 4.69) is 16.1 Å². The number of hydrogen-bond donors (Lipinski definition) is 2. The highest BCUT2D eigenvalue weighted by Crippen LogP contribution is 2.46. The molecule has 0 aliphatic heterocycles. The number of benzene rings is 1. The van der Waals surface area contributed by atoms with Crippen LogP contribution in [0.4, 0.5) is 21.6 Å². The van der Waals surface area contributed by atoms with E-state index in [0.717, 1.165) is 18.4 Å². The van der Waals surface area contributed by atoms with Gasteiger partial charge in [0.05, 0.1) is 16.6 Å². The third-order valence-corrected chi connectivity index (χ3v) is 7.91. The molecule has 0 saturated heterocycles. The van der Waals surface area contributed by atoms with Crippen molar-refractivity contribution in [3.8, 4) is 0 Å². The summed E-state index contributed by atoms with van der Waals surface area (Å²) in [6, 6.07) is 10.7. The Morgan fingerprint density at radius 2 is 2.07 bits per heavy atom. The number of pyridine rings is 1. The Bertz CT molecular complexity index is 1160. The highest BCUT2D eigenvalue weighted by molar-refractivity contribution is 7.87. The van der Waals surface area contributed by atoms with E-state index in [9.17, 15) is 13.4 Å². The second kappa shape index (κ2) is 8.35. The van der Waals surface area contributed by atoms with Crippen LogP contribution in [0.2, 0.25) is 0 Å². The Labute approximate surface area is 181 Å². The number of anilines is 3. The molecule has 1 aliphatic carbocycles. The zero-order valence-electron chi connectivity index (χ0n) is 17.1. The summed E-state index contributed by atoms with van der Waals surface area (Å²) in [5, 5.41) is 5.07. The number of rotatable bonds is 7. The maximum Gasteiger partial charge on any atom is 0.254 e. The van der Waals surface area contributed by atoms with E-state index in [4.69, 9.17) is 0 Å². The van der Waals surface area contributed by atoms with Gasteiger partial charge in [0.1, 0.15) is 22.6 Å². The standard InChI is InChI=1S/C22H24FN3O2S2/c1-4-14-7-8-17(16(23)11-14)24-21-18(10-13(2)22(27)26(21)3)25-30(28)20-12-15(20)19-6-5-9-29-19/h5-11,15,20,24-25H,4,12H2,1-3H3. The molecule has 158 valence electrons. The molecular formula is C22H24FN3O2S2. The molecule has 2 N–H and O–H groups in total. The fourth-order valence-corrected chi connectivity index (χ4v) is 5.87. The molecule has 4 rings (SSSR count). The van der Waals surface area contributed by atoms with E-state index >= 15 is 0 Å². The van der Waals surface area contributed by atoms with Gasteiger partial charge in [-0.05, 0) is 55.0 Å². The van der Waals surface area contributed by atoms with Gasteiger partial charge < -0.3 is 10.0 Å². The molecule has 0 radical (unpaired) electrons. The monoisotopic (exact) mass is 445 g/mol. The van der Waals surface area contributed by atoms with Gasteiger partial charge in [0, 0.05) is 23.4 Å². The van der Waals surface area contributed by atoms with Crippen LogP contribution in [0.15, 0.2) is 46.6 Å². The zero-order valence-corrected chi connectivity index (χ0v) is 18.7. The lowest BCUT2D eigenvalue weighted by Gasteiger charge is -2.18. The number of halogens is 1. The first-order chi connectivity index (χ1) is 14.4. The van der Waals surface area contributed by atoms with Crippen molar-refractivity contribution in [3.05, 3.63) is 74.0 Å². The summed E-state index contributed by atoms with van der Waals surface area (Å²) in [4.78, 5) is 13.7. The van der Waals surface area contributed by atoms with Crippen molar-refractivity contribution in [2.45, 2.75) is 37.9 Å². The maximum absolute atomic E-state index is 14.5. The van der Waals surface area contributed by atoms with Gasteiger partial charge in [-0.1, -0.05) is 19.1 Å². The van der Waals surface area contributed by atoms with Gasteiger partial charge in [-0.3, -0.25) is 9.36 Å². The van der Waals surface area contributed by atoms with Crippen molar-refractivity contribution >= 4 is 39.5 Å². The lowest BCUT2D eigenvalue weighted by atomic mass is 10.1. The molecule has 1 aliphatic rings. The number of hydrogen-bond acceptors (Lipinski definition) is 4. The van der Waals surface area contributed by atoms with E-state index in [1.165, 1.54) is 15.5 Å². The molecule has 3 atom stereocenters. The first-order valence-electron chi connectivity index (χ1n) is 9.85. The van der Waals surface area contributed by atoms with Gasteiger partial charge in [0.25, 0.3) is 5.56 Å². The molecule has 1 fully saturated rings. The number of aromatic nitrogens is 1. The SMILES string of the molecule is CCc1ccc(Nc2c(NS(=O)C3CC3c3cccs3)cc(C)c(=O)n2C)c(F)c1. The van der Waals surface area contributed by atoms with Gasteiger partial charge in [0.15, 0.2) is 0 Å². The van der Waals surface area contributed by atoms with Crippen LogP contribution in [0, 0.1) is 12.7 Å².